The van der Waals surface area contributed by atoms with Crippen LogP contribution in [0.3, 0.4) is 0 Å². The lowest BCUT2D eigenvalue weighted by molar-refractivity contribution is -0.0521. The SMILES string of the molecule is Fc1cc(F)c(-c2ccc(F)c(OC(F)F)c2)c(Cn2cccn2)c1. The van der Waals surface area contributed by atoms with Crippen LogP contribution in [0.5, 0.6) is 5.75 Å². The molecule has 3 nitrogen and oxygen atoms in total. The molecular weight excluding hydrogens is 343 g/mol. The second kappa shape index (κ2) is 6.92. The van der Waals surface area contributed by atoms with Gasteiger partial charge in [0.05, 0.1) is 6.54 Å². The smallest absolute Gasteiger partial charge is 0.387 e. The summed E-state index contributed by atoms with van der Waals surface area (Å²) in [4.78, 5) is 0. The van der Waals surface area contributed by atoms with Crippen molar-refractivity contribution in [2.24, 2.45) is 0 Å². The molecule has 0 amide bonds. The Kier molecular flexibility index (Phi) is 4.69. The first-order valence-electron chi connectivity index (χ1n) is 7.14. The molecule has 1 heterocycles. The summed E-state index contributed by atoms with van der Waals surface area (Å²) in [5.74, 6) is -3.44. The highest BCUT2D eigenvalue weighted by atomic mass is 19.3. The van der Waals surface area contributed by atoms with Gasteiger partial charge in [0, 0.05) is 24.0 Å². The van der Waals surface area contributed by atoms with Gasteiger partial charge in [-0.1, -0.05) is 6.07 Å². The van der Waals surface area contributed by atoms with E-state index in [-0.39, 0.29) is 23.2 Å². The fourth-order valence-corrected chi connectivity index (χ4v) is 2.49. The number of rotatable bonds is 5. The highest BCUT2D eigenvalue weighted by Crippen LogP contribution is 2.32. The molecule has 0 aliphatic rings. The molecule has 2 aromatic carbocycles. The molecule has 0 aliphatic carbocycles. The number of alkyl halides is 2. The van der Waals surface area contributed by atoms with Gasteiger partial charge in [0.2, 0.25) is 0 Å². The van der Waals surface area contributed by atoms with Gasteiger partial charge >= 0.3 is 6.61 Å². The lowest BCUT2D eigenvalue weighted by atomic mass is 9.98. The van der Waals surface area contributed by atoms with Crippen molar-refractivity contribution in [1.82, 2.24) is 9.78 Å². The van der Waals surface area contributed by atoms with Crippen LogP contribution >= 0.6 is 0 Å². The lowest BCUT2D eigenvalue weighted by Crippen LogP contribution is -2.06. The topological polar surface area (TPSA) is 27.1 Å². The lowest BCUT2D eigenvalue weighted by Gasteiger charge is -2.14. The van der Waals surface area contributed by atoms with Crippen LogP contribution in [0.1, 0.15) is 5.56 Å². The number of ether oxygens (including phenoxy) is 1. The summed E-state index contributed by atoms with van der Waals surface area (Å²) in [6.45, 7) is -3.19. The van der Waals surface area contributed by atoms with E-state index in [9.17, 15) is 22.0 Å². The maximum atomic E-state index is 14.4. The molecule has 0 saturated carbocycles. The van der Waals surface area contributed by atoms with Crippen molar-refractivity contribution in [2.75, 3.05) is 0 Å². The number of hydrogen-bond donors (Lipinski definition) is 0. The van der Waals surface area contributed by atoms with Gasteiger partial charge in [0.15, 0.2) is 11.6 Å². The van der Waals surface area contributed by atoms with Crippen molar-refractivity contribution in [3.8, 4) is 16.9 Å². The molecule has 0 radical (unpaired) electrons. The van der Waals surface area contributed by atoms with Gasteiger partial charge in [-0.05, 0) is 35.4 Å². The average Bonchev–Trinajstić information content (AvgIpc) is 3.02. The third-order valence-electron chi connectivity index (χ3n) is 3.46. The molecular formula is C17H11F5N2O. The fraction of sp³-hybridized carbons (Fsp3) is 0.118. The Morgan fingerprint density at radius 1 is 1.04 bits per heavy atom. The van der Waals surface area contributed by atoms with Gasteiger partial charge in [-0.25, -0.2) is 13.2 Å². The first kappa shape index (κ1) is 16.9. The van der Waals surface area contributed by atoms with Gasteiger partial charge in [0.1, 0.15) is 11.6 Å². The van der Waals surface area contributed by atoms with Gasteiger partial charge in [-0.15, -0.1) is 0 Å². The molecule has 0 N–H and O–H groups in total. The van der Waals surface area contributed by atoms with Crippen LogP contribution in [-0.4, -0.2) is 16.4 Å². The number of aromatic nitrogens is 2. The monoisotopic (exact) mass is 354 g/mol. The molecule has 0 unspecified atom stereocenters. The Bertz CT molecular complexity index is 881. The highest BCUT2D eigenvalue weighted by Gasteiger charge is 2.17. The standard InChI is InChI=1S/C17H11F5N2O/c18-12-6-11(9-24-5-1-4-23-24)16(14(20)8-12)10-2-3-13(19)15(7-10)25-17(21)22/h1-8,17H,9H2. The minimum atomic E-state index is -3.23. The largest absolute Gasteiger partial charge is 0.432 e. The van der Waals surface area contributed by atoms with E-state index in [0.29, 0.717) is 6.07 Å². The zero-order valence-electron chi connectivity index (χ0n) is 12.6. The molecule has 3 aromatic rings. The highest BCUT2D eigenvalue weighted by molar-refractivity contribution is 5.69. The summed E-state index contributed by atoms with van der Waals surface area (Å²) in [6.07, 6.45) is 3.10. The molecule has 0 spiro atoms. The van der Waals surface area contributed by atoms with Crippen molar-refractivity contribution in [3.05, 3.63) is 71.8 Å². The zero-order chi connectivity index (χ0) is 18.0. The van der Waals surface area contributed by atoms with Crippen LogP contribution in [0, 0.1) is 17.5 Å². The van der Waals surface area contributed by atoms with Crippen LogP contribution in [-0.2, 0) is 6.54 Å². The van der Waals surface area contributed by atoms with Crippen molar-refractivity contribution in [3.63, 3.8) is 0 Å². The van der Waals surface area contributed by atoms with E-state index in [1.165, 1.54) is 16.9 Å². The molecule has 3 rings (SSSR count). The minimum Gasteiger partial charge on any atom is -0.432 e. The zero-order valence-corrected chi connectivity index (χ0v) is 12.6. The molecule has 0 saturated heterocycles. The maximum absolute atomic E-state index is 14.4. The third kappa shape index (κ3) is 3.78. The van der Waals surface area contributed by atoms with Crippen LogP contribution < -0.4 is 4.74 Å². The van der Waals surface area contributed by atoms with Crippen molar-refractivity contribution in [2.45, 2.75) is 13.2 Å². The summed E-state index contributed by atoms with van der Waals surface area (Å²) >= 11 is 0. The Morgan fingerprint density at radius 3 is 2.52 bits per heavy atom. The molecule has 0 fully saturated rings. The number of nitrogens with zero attached hydrogens (tertiary/aromatic N) is 2. The number of hydrogen-bond acceptors (Lipinski definition) is 2. The molecule has 8 heteroatoms. The normalized spacial score (nSPS) is 11.1. The molecule has 1 aromatic heterocycles. The maximum Gasteiger partial charge on any atom is 0.387 e. The van der Waals surface area contributed by atoms with Gasteiger partial charge in [0.25, 0.3) is 0 Å². The van der Waals surface area contributed by atoms with E-state index < -0.39 is 29.8 Å². The third-order valence-corrected chi connectivity index (χ3v) is 3.46. The Balaban J connectivity index is 2.10. The van der Waals surface area contributed by atoms with Gasteiger partial charge in [-0.3, -0.25) is 4.68 Å². The van der Waals surface area contributed by atoms with Crippen LogP contribution in [0.4, 0.5) is 22.0 Å². The molecule has 0 aliphatic heterocycles. The van der Waals surface area contributed by atoms with Gasteiger partial charge < -0.3 is 4.74 Å². The molecule has 0 bridgehead atoms. The molecule has 0 atom stereocenters. The predicted molar refractivity (Wildman–Crippen MR) is 79.7 cm³/mol. The van der Waals surface area contributed by atoms with Crippen molar-refractivity contribution < 1.29 is 26.7 Å². The van der Waals surface area contributed by atoms with E-state index in [4.69, 9.17) is 0 Å². The van der Waals surface area contributed by atoms with Crippen molar-refractivity contribution in [1.29, 1.82) is 0 Å². The summed E-state index contributed by atoms with van der Waals surface area (Å²) in [5.41, 5.74) is 0.253. The van der Waals surface area contributed by atoms with E-state index in [1.54, 1.807) is 12.3 Å². The fourth-order valence-electron chi connectivity index (χ4n) is 2.49. The summed E-state index contributed by atoms with van der Waals surface area (Å²) in [6, 6.07) is 6.45. The second-order valence-corrected chi connectivity index (χ2v) is 5.15. The first-order valence-corrected chi connectivity index (χ1v) is 7.14. The predicted octanol–water partition coefficient (Wildman–Crippen LogP) is 4.62. The summed E-state index contributed by atoms with van der Waals surface area (Å²) in [5, 5.41) is 3.96. The second-order valence-electron chi connectivity index (χ2n) is 5.15. The van der Waals surface area contributed by atoms with E-state index in [2.05, 4.69) is 9.84 Å². The van der Waals surface area contributed by atoms with Crippen molar-refractivity contribution >= 4 is 0 Å². The van der Waals surface area contributed by atoms with Gasteiger partial charge in [-0.2, -0.15) is 13.9 Å². The van der Waals surface area contributed by atoms with E-state index >= 15 is 0 Å². The molecule has 130 valence electrons. The Labute approximate surface area is 139 Å². The van der Waals surface area contributed by atoms with E-state index in [1.807, 2.05) is 0 Å². The minimum absolute atomic E-state index is 0.0411. The van der Waals surface area contributed by atoms with Crippen LogP contribution in [0.15, 0.2) is 48.8 Å². The first-order chi connectivity index (χ1) is 11.9. The number of benzene rings is 2. The quantitative estimate of drug-likeness (QED) is 0.626. The molecule has 25 heavy (non-hydrogen) atoms. The summed E-state index contributed by atoms with van der Waals surface area (Å²) in [7, 11) is 0. The average molecular weight is 354 g/mol. The van der Waals surface area contributed by atoms with Crippen LogP contribution in [0.2, 0.25) is 0 Å². The Hall–Kier alpha value is -2.90. The number of halogens is 5. The Morgan fingerprint density at radius 2 is 1.84 bits per heavy atom. The van der Waals surface area contributed by atoms with Crippen LogP contribution in [0.25, 0.3) is 11.1 Å². The van der Waals surface area contributed by atoms with E-state index in [0.717, 1.165) is 18.2 Å². The summed E-state index contributed by atoms with van der Waals surface area (Å²) < 4.78 is 71.9.